The van der Waals surface area contributed by atoms with E-state index < -0.39 is 0 Å². The van der Waals surface area contributed by atoms with Crippen LogP contribution in [0.5, 0.6) is 11.5 Å². The summed E-state index contributed by atoms with van der Waals surface area (Å²) in [5, 5.41) is 8.12. The molecule has 146 valence electrons. The Kier molecular flexibility index (Phi) is 7.73. The van der Waals surface area contributed by atoms with Crippen molar-refractivity contribution >= 4 is 17.6 Å². The van der Waals surface area contributed by atoms with E-state index in [1.165, 1.54) is 6.92 Å². The Hall–Kier alpha value is -3.66. The number of ether oxygens (including phenoxy) is 2. The van der Waals surface area contributed by atoms with Gasteiger partial charge in [0.05, 0.1) is 20.8 Å². The molecule has 0 heterocycles. The van der Waals surface area contributed by atoms with Crippen LogP contribution in [0.2, 0.25) is 0 Å². The van der Waals surface area contributed by atoms with E-state index in [1.54, 1.807) is 44.6 Å². The molecule has 0 atom stereocenters. The molecule has 0 radical (unpaired) electrons. The number of benzene rings is 2. The SMILES string of the molecule is COc1ccc(CNC(=O)NCC#Cc2ccc(NC(C)=O)cc2)cc1OC. The highest BCUT2D eigenvalue weighted by molar-refractivity contribution is 5.88. The van der Waals surface area contributed by atoms with Gasteiger partial charge in [0.1, 0.15) is 0 Å². The van der Waals surface area contributed by atoms with Gasteiger partial charge in [-0.1, -0.05) is 17.9 Å². The lowest BCUT2D eigenvalue weighted by Crippen LogP contribution is -2.35. The van der Waals surface area contributed by atoms with Crippen LogP contribution >= 0.6 is 0 Å². The van der Waals surface area contributed by atoms with Crippen molar-refractivity contribution in [2.24, 2.45) is 0 Å². The van der Waals surface area contributed by atoms with E-state index in [4.69, 9.17) is 9.47 Å². The first-order valence-corrected chi connectivity index (χ1v) is 8.61. The smallest absolute Gasteiger partial charge is 0.315 e. The Bertz CT molecular complexity index is 883. The lowest BCUT2D eigenvalue weighted by Gasteiger charge is -2.10. The molecule has 2 aromatic rings. The molecule has 0 aromatic heterocycles. The van der Waals surface area contributed by atoms with Gasteiger partial charge in [0.25, 0.3) is 0 Å². The van der Waals surface area contributed by atoms with Gasteiger partial charge in [0.2, 0.25) is 5.91 Å². The van der Waals surface area contributed by atoms with E-state index in [9.17, 15) is 9.59 Å². The average molecular weight is 381 g/mol. The molecule has 0 unspecified atom stereocenters. The fraction of sp³-hybridized carbons (Fsp3) is 0.238. The van der Waals surface area contributed by atoms with Crippen LogP contribution in [-0.2, 0) is 11.3 Å². The standard InChI is InChI=1S/C21H23N3O4/c1-15(25)24-18-9-6-16(7-10-18)5-4-12-22-21(26)23-14-17-8-11-19(27-2)20(13-17)28-3/h6-11,13H,12,14H2,1-3H3,(H,24,25)(H2,22,23,26). The first kappa shape index (κ1) is 20.6. The topological polar surface area (TPSA) is 88.7 Å². The molecule has 0 aliphatic rings. The van der Waals surface area contributed by atoms with Crippen molar-refractivity contribution in [3.8, 4) is 23.3 Å². The summed E-state index contributed by atoms with van der Waals surface area (Å²) < 4.78 is 10.4. The molecule has 0 saturated heterocycles. The number of hydrogen-bond donors (Lipinski definition) is 3. The highest BCUT2D eigenvalue weighted by Gasteiger charge is 2.05. The number of amides is 3. The Morgan fingerprint density at radius 2 is 1.68 bits per heavy atom. The predicted molar refractivity (Wildman–Crippen MR) is 107 cm³/mol. The molecular formula is C21H23N3O4. The zero-order valence-electron chi connectivity index (χ0n) is 16.1. The summed E-state index contributed by atoms with van der Waals surface area (Å²) in [6, 6.07) is 12.3. The second-order valence-corrected chi connectivity index (χ2v) is 5.79. The van der Waals surface area contributed by atoms with Crippen molar-refractivity contribution in [2.75, 3.05) is 26.1 Å². The van der Waals surface area contributed by atoms with E-state index in [0.29, 0.717) is 23.7 Å². The molecule has 0 aliphatic carbocycles. The fourth-order valence-corrected chi connectivity index (χ4v) is 2.35. The zero-order chi connectivity index (χ0) is 20.4. The van der Waals surface area contributed by atoms with Crippen LogP contribution in [-0.4, -0.2) is 32.7 Å². The highest BCUT2D eigenvalue weighted by atomic mass is 16.5. The fourth-order valence-electron chi connectivity index (χ4n) is 2.35. The van der Waals surface area contributed by atoms with Crippen molar-refractivity contribution in [3.63, 3.8) is 0 Å². The van der Waals surface area contributed by atoms with Gasteiger partial charge < -0.3 is 25.4 Å². The molecular weight excluding hydrogens is 358 g/mol. The number of methoxy groups -OCH3 is 2. The van der Waals surface area contributed by atoms with Gasteiger partial charge in [-0.25, -0.2) is 4.79 Å². The van der Waals surface area contributed by atoms with Crippen LogP contribution in [0.15, 0.2) is 42.5 Å². The summed E-state index contributed by atoms with van der Waals surface area (Å²) in [4.78, 5) is 22.8. The van der Waals surface area contributed by atoms with Gasteiger partial charge in [-0.3, -0.25) is 4.79 Å². The van der Waals surface area contributed by atoms with Crippen LogP contribution in [0, 0.1) is 11.8 Å². The molecule has 2 rings (SSSR count). The van der Waals surface area contributed by atoms with Gasteiger partial charge in [0, 0.05) is 24.7 Å². The van der Waals surface area contributed by atoms with Crippen LogP contribution < -0.4 is 25.4 Å². The Labute approximate surface area is 164 Å². The molecule has 7 nitrogen and oxygen atoms in total. The van der Waals surface area contributed by atoms with Gasteiger partial charge in [-0.2, -0.15) is 0 Å². The third kappa shape index (κ3) is 6.57. The monoisotopic (exact) mass is 381 g/mol. The number of carbonyl (C=O) groups is 2. The minimum Gasteiger partial charge on any atom is -0.493 e. The predicted octanol–water partition coefficient (Wildman–Crippen LogP) is 2.51. The number of hydrogen-bond acceptors (Lipinski definition) is 4. The maximum Gasteiger partial charge on any atom is 0.315 e. The minimum atomic E-state index is -0.315. The number of carbonyl (C=O) groups excluding carboxylic acids is 2. The van der Waals surface area contributed by atoms with Crippen LogP contribution in [0.1, 0.15) is 18.1 Å². The van der Waals surface area contributed by atoms with Gasteiger partial charge >= 0.3 is 6.03 Å². The first-order valence-electron chi connectivity index (χ1n) is 8.61. The van der Waals surface area contributed by atoms with Crippen LogP contribution in [0.4, 0.5) is 10.5 Å². The minimum absolute atomic E-state index is 0.123. The van der Waals surface area contributed by atoms with E-state index in [1.807, 2.05) is 12.1 Å². The van der Waals surface area contributed by atoms with Gasteiger partial charge in [-0.05, 0) is 42.0 Å². The maximum atomic E-state index is 11.9. The van der Waals surface area contributed by atoms with E-state index >= 15 is 0 Å². The van der Waals surface area contributed by atoms with Gasteiger partial charge in [-0.15, -0.1) is 0 Å². The van der Waals surface area contributed by atoms with Gasteiger partial charge in [0.15, 0.2) is 11.5 Å². The zero-order valence-corrected chi connectivity index (χ0v) is 16.1. The second-order valence-electron chi connectivity index (χ2n) is 5.79. The molecule has 2 aromatic carbocycles. The molecule has 3 N–H and O–H groups in total. The van der Waals surface area contributed by atoms with E-state index in [2.05, 4.69) is 27.8 Å². The third-order valence-electron chi connectivity index (χ3n) is 3.68. The Morgan fingerprint density at radius 1 is 0.964 bits per heavy atom. The van der Waals surface area contributed by atoms with E-state index in [0.717, 1.165) is 11.1 Å². The molecule has 0 spiro atoms. The summed E-state index contributed by atoms with van der Waals surface area (Å²) in [5.74, 6) is 6.95. The lowest BCUT2D eigenvalue weighted by molar-refractivity contribution is -0.114. The summed E-state index contributed by atoms with van der Waals surface area (Å²) in [7, 11) is 3.13. The largest absolute Gasteiger partial charge is 0.493 e. The molecule has 7 heteroatoms. The third-order valence-corrected chi connectivity index (χ3v) is 3.68. The number of rotatable bonds is 6. The molecule has 28 heavy (non-hydrogen) atoms. The van der Waals surface area contributed by atoms with Crippen molar-refractivity contribution < 1.29 is 19.1 Å². The van der Waals surface area contributed by atoms with E-state index in [-0.39, 0.29) is 18.5 Å². The highest BCUT2D eigenvalue weighted by Crippen LogP contribution is 2.27. The molecule has 0 aliphatic heterocycles. The van der Waals surface area contributed by atoms with Crippen molar-refractivity contribution in [3.05, 3.63) is 53.6 Å². The first-order chi connectivity index (χ1) is 13.5. The summed E-state index contributed by atoms with van der Waals surface area (Å²) in [5.41, 5.74) is 2.39. The number of anilines is 1. The lowest BCUT2D eigenvalue weighted by atomic mass is 10.2. The van der Waals surface area contributed by atoms with Crippen molar-refractivity contribution in [2.45, 2.75) is 13.5 Å². The van der Waals surface area contributed by atoms with Crippen molar-refractivity contribution in [1.29, 1.82) is 0 Å². The number of urea groups is 1. The number of nitrogens with one attached hydrogen (secondary N) is 3. The normalized spacial score (nSPS) is 9.54. The molecule has 0 bridgehead atoms. The quantitative estimate of drug-likeness (QED) is 0.671. The van der Waals surface area contributed by atoms with Crippen molar-refractivity contribution in [1.82, 2.24) is 10.6 Å². The Balaban J connectivity index is 1.77. The van der Waals surface area contributed by atoms with Crippen LogP contribution in [0.25, 0.3) is 0 Å². The Morgan fingerprint density at radius 3 is 2.32 bits per heavy atom. The summed E-state index contributed by atoms with van der Waals surface area (Å²) in [6.45, 7) is 2.02. The van der Waals surface area contributed by atoms with Crippen LogP contribution in [0.3, 0.4) is 0 Å². The summed E-state index contributed by atoms with van der Waals surface area (Å²) in [6.07, 6.45) is 0. The summed E-state index contributed by atoms with van der Waals surface area (Å²) >= 11 is 0. The molecule has 3 amide bonds. The molecule has 0 fully saturated rings. The second kappa shape index (κ2) is 10.5. The average Bonchev–Trinajstić information content (AvgIpc) is 2.70. The molecule has 0 saturated carbocycles. The maximum absolute atomic E-state index is 11.9.